The van der Waals surface area contributed by atoms with Gasteiger partial charge in [-0.1, -0.05) is 20.8 Å². The zero-order valence-corrected chi connectivity index (χ0v) is 12.7. The van der Waals surface area contributed by atoms with Crippen molar-refractivity contribution < 1.29 is 14.6 Å². The van der Waals surface area contributed by atoms with Crippen molar-refractivity contribution in [1.82, 2.24) is 9.78 Å². The summed E-state index contributed by atoms with van der Waals surface area (Å²) < 4.78 is 7.11. The van der Waals surface area contributed by atoms with Crippen LogP contribution in [0.15, 0.2) is 30.6 Å². The number of aromatic carboxylic acids is 1. The first-order chi connectivity index (χ1) is 10.3. The van der Waals surface area contributed by atoms with E-state index in [9.17, 15) is 4.79 Å². The van der Waals surface area contributed by atoms with Crippen LogP contribution in [0.25, 0.3) is 10.5 Å². The van der Waals surface area contributed by atoms with Gasteiger partial charge in [0, 0.05) is 6.20 Å². The van der Waals surface area contributed by atoms with Crippen molar-refractivity contribution >= 4 is 11.7 Å². The summed E-state index contributed by atoms with van der Waals surface area (Å²) in [6.07, 6.45) is 2.67. The van der Waals surface area contributed by atoms with Gasteiger partial charge in [0.25, 0.3) is 0 Å². The molecule has 0 saturated heterocycles. The Morgan fingerprint density at radius 2 is 2.18 bits per heavy atom. The predicted molar refractivity (Wildman–Crippen MR) is 81.7 cm³/mol. The molecule has 114 valence electrons. The number of hydrogen-bond donors (Lipinski definition) is 1. The molecule has 0 atom stereocenters. The zero-order chi connectivity index (χ0) is 16.3. The summed E-state index contributed by atoms with van der Waals surface area (Å²) in [5.41, 5.74) is 1.07. The first-order valence-electron chi connectivity index (χ1n) is 6.73. The smallest absolute Gasteiger partial charge is 0.338 e. The number of benzene rings is 1. The monoisotopic (exact) mass is 299 g/mol. The zero-order valence-electron chi connectivity index (χ0n) is 12.7. The van der Waals surface area contributed by atoms with Gasteiger partial charge in [0.05, 0.1) is 30.6 Å². The Morgan fingerprint density at radius 1 is 1.45 bits per heavy atom. The second kappa shape index (κ2) is 5.90. The molecule has 1 heterocycles. The molecule has 0 bridgehead atoms. The van der Waals surface area contributed by atoms with Crippen LogP contribution in [-0.2, 0) is 0 Å². The maximum absolute atomic E-state index is 10.9. The largest absolute Gasteiger partial charge is 0.504 e. The Hall–Kier alpha value is -2.81. The molecule has 1 N–H and O–H groups in total. The second-order valence-electron chi connectivity index (χ2n) is 6.09. The van der Waals surface area contributed by atoms with Gasteiger partial charge >= 0.3 is 5.97 Å². The normalized spacial score (nSPS) is 11.0. The highest BCUT2D eigenvalue weighted by atomic mass is 16.5. The lowest BCUT2D eigenvalue weighted by Crippen LogP contribution is -2.16. The van der Waals surface area contributed by atoms with E-state index in [4.69, 9.17) is 16.4 Å². The molecule has 0 unspecified atom stereocenters. The summed E-state index contributed by atoms with van der Waals surface area (Å²) in [5.74, 6) is -0.527. The molecular weight excluding hydrogens is 282 g/mol. The molecule has 0 amide bonds. The molecule has 2 aromatic rings. The van der Waals surface area contributed by atoms with Crippen molar-refractivity contribution in [1.29, 1.82) is 0 Å². The Labute approximate surface area is 128 Å². The van der Waals surface area contributed by atoms with E-state index in [0.29, 0.717) is 23.7 Å². The first-order valence-corrected chi connectivity index (χ1v) is 6.73. The van der Waals surface area contributed by atoms with Crippen LogP contribution < -0.4 is 4.74 Å². The number of aromatic nitrogens is 2. The molecule has 0 saturated carbocycles. The second-order valence-corrected chi connectivity index (χ2v) is 6.09. The number of nitrogens with zero attached hydrogens (tertiary/aromatic N) is 3. The number of rotatable bonds is 4. The molecule has 6 heteroatoms. The third-order valence-corrected chi connectivity index (χ3v) is 2.82. The molecule has 1 aromatic carbocycles. The molecule has 2 rings (SSSR count). The highest BCUT2D eigenvalue weighted by Gasteiger charge is 2.14. The molecule has 0 aliphatic heterocycles. The highest BCUT2D eigenvalue weighted by Crippen LogP contribution is 2.31. The third kappa shape index (κ3) is 3.64. The molecule has 1 aromatic heterocycles. The molecule has 6 nitrogen and oxygen atoms in total. The van der Waals surface area contributed by atoms with Gasteiger partial charge in [-0.15, -0.1) is 0 Å². The van der Waals surface area contributed by atoms with Gasteiger partial charge in [0.2, 0.25) is 5.69 Å². The van der Waals surface area contributed by atoms with Crippen molar-refractivity contribution in [3.63, 3.8) is 0 Å². The lowest BCUT2D eigenvalue weighted by Gasteiger charge is -2.19. The van der Waals surface area contributed by atoms with Gasteiger partial charge < -0.3 is 9.84 Å². The minimum Gasteiger partial charge on any atom is -0.504 e. The van der Waals surface area contributed by atoms with E-state index in [2.05, 4.69) is 30.7 Å². The number of ether oxygens (including phenoxy) is 1. The van der Waals surface area contributed by atoms with Gasteiger partial charge in [0.15, 0.2) is 0 Å². The Kier molecular flexibility index (Phi) is 4.18. The topological polar surface area (TPSA) is 68.7 Å². The van der Waals surface area contributed by atoms with E-state index in [1.54, 1.807) is 18.2 Å². The van der Waals surface area contributed by atoms with E-state index in [-0.39, 0.29) is 11.0 Å². The van der Waals surface area contributed by atoms with Crippen molar-refractivity contribution in [3.05, 3.63) is 47.6 Å². The van der Waals surface area contributed by atoms with Gasteiger partial charge in [-0.2, -0.15) is 5.10 Å². The van der Waals surface area contributed by atoms with Gasteiger partial charge in [-0.3, -0.25) is 0 Å². The van der Waals surface area contributed by atoms with Crippen LogP contribution in [0.1, 0.15) is 31.1 Å². The average Bonchev–Trinajstić information content (AvgIpc) is 2.94. The predicted octanol–water partition coefficient (Wildman–Crippen LogP) is 3.55. The van der Waals surface area contributed by atoms with E-state index in [1.165, 1.54) is 17.1 Å². The van der Waals surface area contributed by atoms with Gasteiger partial charge in [-0.25, -0.2) is 14.3 Å². The molecule has 0 aliphatic carbocycles. The molecule has 0 spiro atoms. The fraction of sp³-hybridized carbons (Fsp3) is 0.312. The lowest BCUT2D eigenvalue weighted by atomic mass is 9.99. The summed E-state index contributed by atoms with van der Waals surface area (Å²) >= 11 is 0. The van der Waals surface area contributed by atoms with Gasteiger partial charge in [0.1, 0.15) is 5.75 Å². The van der Waals surface area contributed by atoms with E-state index < -0.39 is 5.97 Å². The van der Waals surface area contributed by atoms with Crippen LogP contribution in [0.5, 0.6) is 5.75 Å². The summed E-state index contributed by atoms with van der Waals surface area (Å²) in [6.45, 7) is 13.9. The maximum atomic E-state index is 10.9. The number of carbonyl (C=O) groups is 1. The van der Waals surface area contributed by atoms with Crippen LogP contribution in [0.4, 0.5) is 5.69 Å². The number of carboxylic acids is 1. The Bertz CT molecular complexity index is 736. The quantitative estimate of drug-likeness (QED) is 0.877. The fourth-order valence-corrected chi connectivity index (χ4v) is 1.73. The summed E-state index contributed by atoms with van der Waals surface area (Å²) in [4.78, 5) is 14.3. The lowest BCUT2D eigenvalue weighted by molar-refractivity contribution is 0.0697. The minimum absolute atomic E-state index is 0.00363. The van der Waals surface area contributed by atoms with Crippen LogP contribution in [-0.4, -0.2) is 27.5 Å². The van der Waals surface area contributed by atoms with Crippen LogP contribution in [0.2, 0.25) is 0 Å². The summed E-state index contributed by atoms with van der Waals surface area (Å²) in [6, 6.07) is 5.07. The van der Waals surface area contributed by atoms with Gasteiger partial charge in [-0.05, 0) is 23.6 Å². The number of carboxylic acid groups (broad SMARTS) is 1. The molecule has 22 heavy (non-hydrogen) atoms. The molecule has 0 aliphatic rings. The van der Waals surface area contributed by atoms with Crippen molar-refractivity contribution in [2.24, 2.45) is 5.41 Å². The Morgan fingerprint density at radius 3 is 2.73 bits per heavy atom. The number of hydrogen-bond acceptors (Lipinski definition) is 3. The van der Waals surface area contributed by atoms with Crippen LogP contribution >= 0.6 is 0 Å². The standard InChI is InChI=1S/C16H17N3O3/c1-16(2,3)10-22-14-6-5-12(7-13(14)17-4)19-9-11(8-18-19)15(20)21/h5-9H,10H2,1-3H3,(H,20,21). The van der Waals surface area contributed by atoms with E-state index >= 15 is 0 Å². The Balaban J connectivity index is 2.28. The molecule has 0 fully saturated rings. The minimum atomic E-state index is -1.04. The maximum Gasteiger partial charge on any atom is 0.338 e. The van der Waals surface area contributed by atoms with E-state index in [0.717, 1.165) is 0 Å². The van der Waals surface area contributed by atoms with Crippen molar-refractivity contribution in [3.8, 4) is 11.4 Å². The average molecular weight is 299 g/mol. The highest BCUT2D eigenvalue weighted by molar-refractivity contribution is 5.87. The van der Waals surface area contributed by atoms with Crippen molar-refractivity contribution in [2.45, 2.75) is 20.8 Å². The first kappa shape index (κ1) is 15.6. The van der Waals surface area contributed by atoms with Crippen LogP contribution in [0.3, 0.4) is 0 Å². The summed E-state index contributed by atoms with van der Waals surface area (Å²) in [5, 5.41) is 12.9. The fourth-order valence-electron chi connectivity index (χ4n) is 1.73. The van der Waals surface area contributed by atoms with E-state index in [1.807, 2.05) is 0 Å². The van der Waals surface area contributed by atoms with Crippen LogP contribution in [0, 0.1) is 12.0 Å². The molecular formula is C16H17N3O3. The van der Waals surface area contributed by atoms with Crippen molar-refractivity contribution in [2.75, 3.05) is 6.61 Å². The SMILES string of the molecule is [C-]#[N+]c1cc(-n2cc(C(=O)O)cn2)ccc1OCC(C)(C)C. The third-order valence-electron chi connectivity index (χ3n) is 2.82. The molecule has 0 radical (unpaired) electrons. The summed E-state index contributed by atoms with van der Waals surface area (Å²) in [7, 11) is 0.